The highest BCUT2D eigenvalue weighted by Crippen LogP contribution is 2.35. The van der Waals surface area contributed by atoms with Crippen molar-refractivity contribution in [1.29, 1.82) is 0 Å². The number of amides is 3. The van der Waals surface area contributed by atoms with Gasteiger partial charge in [-0.25, -0.2) is 0 Å². The number of piperazine rings is 1. The zero-order chi connectivity index (χ0) is 15.1. The molecule has 2 fully saturated rings. The normalized spacial score (nSPS) is 29.2. The number of carbonyl (C=O) groups excluding carboxylic acids is 3. The summed E-state index contributed by atoms with van der Waals surface area (Å²) in [5, 5.41) is 11.3. The number of hydrogen-bond acceptors (Lipinski definition) is 4. The molecular formula is C13H18N2O5. The molecule has 7 heteroatoms. The van der Waals surface area contributed by atoms with Crippen molar-refractivity contribution in [1.82, 2.24) is 10.2 Å². The topological polar surface area (TPSA) is 104 Å². The van der Waals surface area contributed by atoms with Gasteiger partial charge in [0.15, 0.2) is 0 Å². The molecule has 2 atom stereocenters. The molecule has 2 unspecified atom stereocenters. The molecule has 0 bridgehead atoms. The zero-order valence-electron chi connectivity index (χ0n) is 11.5. The fourth-order valence-corrected chi connectivity index (χ4v) is 2.89. The molecule has 110 valence electrons. The highest BCUT2D eigenvalue weighted by Gasteiger charge is 2.48. The first-order valence-electron chi connectivity index (χ1n) is 6.63. The predicted octanol–water partition coefficient (Wildman–Crippen LogP) is -0.249. The van der Waals surface area contributed by atoms with E-state index in [9.17, 15) is 19.2 Å². The minimum absolute atomic E-state index is 0.208. The van der Waals surface area contributed by atoms with Crippen LogP contribution in [0.4, 0.5) is 0 Å². The van der Waals surface area contributed by atoms with Crippen molar-refractivity contribution in [3.05, 3.63) is 0 Å². The molecule has 1 saturated carbocycles. The quantitative estimate of drug-likeness (QED) is 0.680. The Morgan fingerprint density at radius 2 is 1.85 bits per heavy atom. The van der Waals surface area contributed by atoms with E-state index in [0.29, 0.717) is 19.3 Å². The first-order valence-corrected chi connectivity index (χ1v) is 6.63. The van der Waals surface area contributed by atoms with Crippen LogP contribution in [-0.4, -0.2) is 45.8 Å². The zero-order valence-corrected chi connectivity index (χ0v) is 11.5. The highest BCUT2D eigenvalue weighted by molar-refractivity contribution is 6.06. The van der Waals surface area contributed by atoms with Crippen molar-refractivity contribution in [3.63, 3.8) is 0 Å². The third-order valence-corrected chi connectivity index (χ3v) is 4.20. The van der Waals surface area contributed by atoms with Gasteiger partial charge in [0.2, 0.25) is 11.8 Å². The Morgan fingerprint density at radius 1 is 1.25 bits per heavy atom. The second-order valence-electron chi connectivity index (χ2n) is 5.84. The fourth-order valence-electron chi connectivity index (χ4n) is 2.89. The smallest absolute Gasteiger partial charge is 0.307 e. The molecule has 1 heterocycles. The monoisotopic (exact) mass is 282 g/mol. The molecule has 2 rings (SSSR count). The lowest BCUT2D eigenvalue weighted by Gasteiger charge is -2.41. The van der Waals surface area contributed by atoms with Gasteiger partial charge in [0.05, 0.1) is 11.8 Å². The predicted molar refractivity (Wildman–Crippen MR) is 67.4 cm³/mol. The van der Waals surface area contributed by atoms with Gasteiger partial charge >= 0.3 is 5.97 Å². The molecule has 0 spiro atoms. The number of carboxylic acid groups (broad SMARTS) is 1. The molecule has 20 heavy (non-hydrogen) atoms. The average Bonchev–Trinajstić information content (AvgIpc) is 2.82. The van der Waals surface area contributed by atoms with Crippen molar-refractivity contribution in [2.24, 2.45) is 11.8 Å². The lowest BCUT2D eigenvalue weighted by atomic mass is 9.90. The van der Waals surface area contributed by atoms with E-state index in [1.165, 1.54) is 4.90 Å². The van der Waals surface area contributed by atoms with Crippen molar-refractivity contribution in [3.8, 4) is 0 Å². The maximum atomic E-state index is 12.6. The summed E-state index contributed by atoms with van der Waals surface area (Å²) in [6, 6.07) is 0. The lowest BCUT2D eigenvalue weighted by Crippen LogP contribution is -2.66. The van der Waals surface area contributed by atoms with Crippen molar-refractivity contribution in [2.45, 2.75) is 38.6 Å². The Kier molecular flexibility index (Phi) is 3.54. The summed E-state index contributed by atoms with van der Waals surface area (Å²) >= 11 is 0. The van der Waals surface area contributed by atoms with Crippen LogP contribution in [0.5, 0.6) is 0 Å². The molecule has 1 aliphatic carbocycles. The van der Waals surface area contributed by atoms with Crippen LogP contribution in [-0.2, 0) is 19.2 Å². The number of carbonyl (C=O) groups is 4. The minimum Gasteiger partial charge on any atom is -0.481 e. The van der Waals surface area contributed by atoms with E-state index in [2.05, 4.69) is 5.32 Å². The number of nitrogens with zero attached hydrogens (tertiary/aromatic N) is 1. The largest absolute Gasteiger partial charge is 0.481 e. The van der Waals surface area contributed by atoms with E-state index < -0.39 is 41.1 Å². The van der Waals surface area contributed by atoms with Crippen LogP contribution in [0.3, 0.4) is 0 Å². The van der Waals surface area contributed by atoms with E-state index in [-0.39, 0.29) is 6.54 Å². The molecule has 2 aliphatic rings. The van der Waals surface area contributed by atoms with Crippen molar-refractivity contribution >= 4 is 23.7 Å². The van der Waals surface area contributed by atoms with Crippen molar-refractivity contribution < 1.29 is 24.3 Å². The van der Waals surface area contributed by atoms with Crippen LogP contribution in [0, 0.1) is 11.8 Å². The van der Waals surface area contributed by atoms with E-state index in [4.69, 9.17) is 5.11 Å². The minimum atomic E-state index is -1.14. The standard InChI is InChI=1S/C13H18N2O5/c1-13(2)12(20)14-9(16)6-15(13)10(17)7-4-3-5-8(7)11(18)19/h7-8H,3-6H2,1-2H3,(H,18,19)(H,14,16,20). The molecule has 0 radical (unpaired) electrons. The summed E-state index contributed by atoms with van der Waals surface area (Å²) in [4.78, 5) is 48.2. The summed E-state index contributed by atoms with van der Waals surface area (Å²) in [6.45, 7) is 2.90. The van der Waals surface area contributed by atoms with Gasteiger partial charge in [0.25, 0.3) is 5.91 Å². The molecule has 1 aliphatic heterocycles. The number of rotatable bonds is 2. The third kappa shape index (κ3) is 2.28. The van der Waals surface area contributed by atoms with E-state index in [0.717, 1.165) is 0 Å². The number of hydrogen-bond donors (Lipinski definition) is 2. The first kappa shape index (κ1) is 14.5. The SMILES string of the molecule is CC1(C)C(=O)NC(=O)CN1C(=O)C1CCCC1C(=O)O. The molecular weight excluding hydrogens is 264 g/mol. The van der Waals surface area contributed by atoms with Gasteiger partial charge < -0.3 is 10.0 Å². The second-order valence-corrected chi connectivity index (χ2v) is 5.84. The number of imide groups is 1. The fraction of sp³-hybridized carbons (Fsp3) is 0.692. The van der Waals surface area contributed by atoms with Gasteiger partial charge in [0.1, 0.15) is 12.1 Å². The van der Waals surface area contributed by atoms with Gasteiger partial charge in [-0.1, -0.05) is 6.42 Å². The number of nitrogens with one attached hydrogen (secondary N) is 1. The molecule has 0 aromatic rings. The van der Waals surface area contributed by atoms with E-state index >= 15 is 0 Å². The summed E-state index contributed by atoms with van der Waals surface area (Å²) < 4.78 is 0. The maximum Gasteiger partial charge on any atom is 0.307 e. The lowest BCUT2D eigenvalue weighted by molar-refractivity contribution is -0.160. The van der Waals surface area contributed by atoms with Crippen LogP contribution in [0.15, 0.2) is 0 Å². The molecule has 0 aromatic carbocycles. The van der Waals surface area contributed by atoms with E-state index in [1.54, 1.807) is 13.8 Å². The van der Waals surface area contributed by atoms with Crippen LogP contribution in [0.1, 0.15) is 33.1 Å². The number of aliphatic carboxylic acids is 1. The maximum absolute atomic E-state index is 12.6. The van der Waals surface area contributed by atoms with Crippen LogP contribution < -0.4 is 5.32 Å². The summed E-state index contributed by atoms with van der Waals surface area (Å²) in [7, 11) is 0. The van der Waals surface area contributed by atoms with Gasteiger partial charge in [-0.3, -0.25) is 24.5 Å². The Balaban J connectivity index is 2.25. The summed E-state index contributed by atoms with van der Waals surface area (Å²) in [5.41, 5.74) is -1.14. The Labute approximate surface area is 116 Å². The third-order valence-electron chi connectivity index (χ3n) is 4.20. The highest BCUT2D eigenvalue weighted by atomic mass is 16.4. The Morgan fingerprint density at radius 3 is 2.45 bits per heavy atom. The molecule has 1 saturated heterocycles. The Bertz CT molecular complexity index is 485. The van der Waals surface area contributed by atoms with Crippen LogP contribution >= 0.6 is 0 Å². The summed E-state index contributed by atoms with van der Waals surface area (Å²) in [5.74, 6) is -3.85. The molecule has 7 nitrogen and oxygen atoms in total. The first-order chi connectivity index (χ1) is 9.25. The van der Waals surface area contributed by atoms with Gasteiger partial charge in [-0.05, 0) is 26.7 Å². The van der Waals surface area contributed by atoms with Gasteiger partial charge in [0, 0.05) is 0 Å². The second kappa shape index (κ2) is 4.88. The Hall–Kier alpha value is -1.92. The summed E-state index contributed by atoms with van der Waals surface area (Å²) in [6.07, 6.45) is 1.61. The van der Waals surface area contributed by atoms with Crippen molar-refractivity contribution in [2.75, 3.05) is 6.54 Å². The van der Waals surface area contributed by atoms with Gasteiger partial charge in [-0.2, -0.15) is 0 Å². The molecule has 0 aromatic heterocycles. The average molecular weight is 282 g/mol. The molecule has 2 N–H and O–H groups in total. The van der Waals surface area contributed by atoms with Crippen LogP contribution in [0.25, 0.3) is 0 Å². The van der Waals surface area contributed by atoms with Gasteiger partial charge in [-0.15, -0.1) is 0 Å². The number of carboxylic acids is 1. The van der Waals surface area contributed by atoms with E-state index in [1.807, 2.05) is 0 Å². The van der Waals surface area contributed by atoms with Crippen LogP contribution in [0.2, 0.25) is 0 Å². The molecule has 3 amide bonds.